The van der Waals surface area contributed by atoms with Crippen LogP contribution >= 0.6 is 0 Å². The van der Waals surface area contributed by atoms with Gasteiger partial charge >= 0.3 is 66.0 Å². The topological polar surface area (TPSA) is 82.1 Å². The van der Waals surface area contributed by atoms with Gasteiger partial charge in [0, 0.05) is 27.8 Å². The second-order valence-corrected chi connectivity index (χ2v) is 12.0. The molecule has 26 heteroatoms. The molecule has 0 aromatic carbocycles. The van der Waals surface area contributed by atoms with E-state index in [1.165, 1.54) is 0 Å². The molecule has 0 aliphatic rings. The van der Waals surface area contributed by atoms with Gasteiger partial charge in [-0.2, -0.15) is 78.6 Å². The smallest absolute Gasteiger partial charge is 0.359 e. The minimum Gasteiger partial charge on any atom is -0.359 e. The van der Waals surface area contributed by atoms with Gasteiger partial charge in [0.2, 0.25) is 5.91 Å². The average Bonchev–Trinajstić information content (AvgIpc) is 2.80. The van der Waals surface area contributed by atoms with Gasteiger partial charge in [0.1, 0.15) is 0 Å². The van der Waals surface area contributed by atoms with E-state index < -0.39 is 82.3 Å². The highest BCUT2D eigenvalue weighted by molar-refractivity contribution is 7.92. The van der Waals surface area contributed by atoms with Crippen molar-refractivity contribution >= 4 is 24.9 Å². The van der Waals surface area contributed by atoms with Crippen LogP contribution in [0.3, 0.4) is 0 Å². The zero-order chi connectivity index (χ0) is 33.0. The molecule has 0 unspecified atom stereocenters. The van der Waals surface area contributed by atoms with Crippen molar-refractivity contribution in [1.82, 2.24) is 3.97 Å². The first-order chi connectivity index (χ1) is 17.3. The molecule has 0 spiro atoms. The van der Waals surface area contributed by atoms with E-state index in [0.29, 0.717) is 6.92 Å². The fourth-order valence-corrected chi connectivity index (χ4v) is 7.23. The van der Waals surface area contributed by atoms with E-state index in [1.807, 2.05) is 0 Å². The molecule has 240 valence electrons. The molecule has 0 aromatic heterocycles. The second-order valence-electron chi connectivity index (χ2n) is 7.11. The van der Waals surface area contributed by atoms with E-state index in [0.717, 1.165) is 0 Å². The van der Waals surface area contributed by atoms with Crippen molar-refractivity contribution in [2.24, 2.45) is 0 Å². The van der Waals surface area contributed by atoms with Crippen LogP contribution in [-0.2, 0) is 28.1 Å². The summed E-state index contributed by atoms with van der Waals surface area (Å²) in [5.41, 5.74) is 0. The van der Waals surface area contributed by atoms with Crippen LogP contribution in [-0.4, -0.2) is 95.6 Å². The summed E-state index contributed by atoms with van der Waals surface area (Å²) in [7, 11) is -13.0. The van der Waals surface area contributed by atoms with Crippen LogP contribution in [0.4, 0.5) is 74.6 Å². The van der Waals surface area contributed by atoms with Crippen molar-refractivity contribution in [3.63, 3.8) is 0 Å². The largest absolute Gasteiger partial charge is 0.649 e. The van der Waals surface area contributed by atoms with Crippen molar-refractivity contribution in [3.05, 3.63) is 0 Å². The first-order valence-corrected chi connectivity index (χ1v) is 12.3. The highest BCUT2D eigenvalue weighted by atomic mass is 32.2. The molecule has 0 saturated heterocycles. The Kier molecular flexibility index (Phi) is 10.1. The molecule has 0 aliphatic heterocycles. The van der Waals surface area contributed by atoms with Gasteiger partial charge in [0.25, 0.3) is 0 Å². The van der Waals surface area contributed by atoms with Gasteiger partial charge in [-0.25, -0.2) is 8.42 Å². The molecule has 40 heavy (non-hydrogen) atoms. The number of amides is 1. The fourth-order valence-electron chi connectivity index (χ4n) is 2.50. The van der Waals surface area contributed by atoms with Crippen molar-refractivity contribution in [1.29, 1.82) is 0 Å². The highest BCUT2D eigenvalue weighted by Crippen LogP contribution is 2.64. The monoisotopic (exact) mass is 675 g/mol. The van der Waals surface area contributed by atoms with Gasteiger partial charge in [0.15, 0.2) is 0 Å². The second kappa shape index (κ2) is 10.6. The van der Waals surface area contributed by atoms with E-state index in [1.54, 1.807) is 0 Å². The van der Waals surface area contributed by atoms with Crippen LogP contribution in [0.25, 0.3) is 0 Å². The summed E-state index contributed by atoms with van der Waals surface area (Å²) in [6.07, 6.45) is -9.31. The number of sulfonamides is 1. The van der Waals surface area contributed by atoms with E-state index in [9.17, 15) is 87.8 Å². The van der Waals surface area contributed by atoms with Gasteiger partial charge in [-0.05, 0) is 0 Å². The van der Waals surface area contributed by atoms with E-state index in [-0.39, 0.29) is 21.3 Å². The fraction of sp³-hybridized carbons (Fsp3) is 0.929. The third-order valence-corrected chi connectivity index (χ3v) is 10.1. The minimum absolute atomic E-state index is 0.271. The van der Waals surface area contributed by atoms with Crippen LogP contribution in [0.5, 0.6) is 0 Å². The lowest BCUT2D eigenvalue weighted by molar-refractivity contribution is -0.458. The van der Waals surface area contributed by atoms with Crippen LogP contribution in [0.15, 0.2) is 0 Å². The average molecular weight is 675 g/mol. The zero-order valence-electron chi connectivity index (χ0n) is 19.4. The molecule has 0 rings (SSSR count). The molecule has 7 nitrogen and oxygen atoms in total. The number of carbonyl (C=O) groups is 1. The predicted octanol–water partition coefficient (Wildman–Crippen LogP) is 4.90. The van der Waals surface area contributed by atoms with Crippen LogP contribution in [0.1, 0.15) is 13.3 Å². The van der Waals surface area contributed by atoms with Gasteiger partial charge < -0.3 is 13.3 Å². The molecule has 0 radical (unpaired) electrons. The summed E-state index contributed by atoms with van der Waals surface area (Å²) < 4.78 is 265. The van der Waals surface area contributed by atoms with Gasteiger partial charge in [-0.1, -0.05) is 6.92 Å². The molecule has 0 aliphatic carbocycles. The van der Waals surface area contributed by atoms with Crippen LogP contribution in [0, 0.1) is 0 Å². The van der Waals surface area contributed by atoms with Gasteiger partial charge in [-0.3, -0.25) is 4.79 Å². The summed E-state index contributed by atoms with van der Waals surface area (Å²) in [5.74, 6) is -55.0. The number of carbonyl (C=O) groups excluding carboxylic acids is 1. The van der Waals surface area contributed by atoms with Crippen molar-refractivity contribution < 1.29 is 101 Å². The maximum absolute atomic E-state index is 14.5. The molecule has 0 fully saturated rings. The van der Waals surface area contributed by atoms with Crippen molar-refractivity contribution in [3.8, 4) is 0 Å². The molecule has 0 bridgehead atoms. The first-order valence-electron chi connectivity index (χ1n) is 9.23. The molecule has 0 saturated carbocycles. The van der Waals surface area contributed by atoms with Gasteiger partial charge in [-0.15, -0.1) is 0 Å². The van der Waals surface area contributed by atoms with Gasteiger partial charge in [0.05, 0.1) is 0 Å². The Hall–Kier alpha value is -1.67. The number of halogens is 17. The standard InChI is InChI=1S/C14H14F17NO6SSi/c1-5-6(33)32(40(36-2,37-3)38-4)39(34,35)14(30,31)12(25,26)10(21,22)8(17,18)7(15,16)9(19,20)11(23,24)13(27,28)29/h5H2,1-4H3. The number of alkyl halides is 17. The Morgan fingerprint density at radius 1 is 0.600 bits per heavy atom. The maximum Gasteiger partial charge on any atom is 0.649 e. The Bertz CT molecular complexity index is 1040. The molecule has 0 aromatic rings. The summed E-state index contributed by atoms with van der Waals surface area (Å²) in [6, 6.07) is 0. The third-order valence-electron chi connectivity index (χ3n) is 4.81. The Labute approximate surface area is 212 Å². The SMILES string of the molecule is CCC(=O)N([Si](OC)(OC)OC)S(=O)(=O)C(F)(F)C(F)(F)C(F)(F)C(F)(F)C(F)(F)C(F)(F)C(F)(F)C(F)(F)F. The quantitative estimate of drug-likeness (QED) is 0.204. The van der Waals surface area contributed by atoms with Crippen LogP contribution < -0.4 is 0 Å². The predicted molar refractivity (Wildman–Crippen MR) is 93.5 cm³/mol. The lowest BCUT2D eigenvalue weighted by Crippen LogP contribution is -2.76. The Morgan fingerprint density at radius 3 is 1.12 bits per heavy atom. The summed E-state index contributed by atoms with van der Waals surface area (Å²) in [4.78, 5) is 12.0. The Morgan fingerprint density at radius 2 is 0.875 bits per heavy atom. The van der Waals surface area contributed by atoms with E-state index in [2.05, 4.69) is 13.3 Å². The number of nitrogens with zero attached hydrogens (tertiary/aromatic N) is 1. The van der Waals surface area contributed by atoms with Crippen LogP contribution in [0.2, 0.25) is 0 Å². The van der Waals surface area contributed by atoms with Crippen molar-refractivity contribution in [2.75, 3.05) is 21.3 Å². The van der Waals surface area contributed by atoms with E-state index >= 15 is 0 Å². The summed E-state index contributed by atoms with van der Waals surface area (Å²) >= 11 is 0. The lowest BCUT2D eigenvalue weighted by atomic mass is 9.91. The third kappa shape index (κ3) is 4.79. The lowest BCUT2D eigenvalue weighted by Gasteiger charge is -2.43. The summed E-state index contributed by atoms with van der Waals surface area (Å²) in [5, 5.41) is -7.98. The van der Waals surface area contributed by atoms with Crippen molar-refractivity contribution in [2.45, 2.75) is 60.3 Å². The summed E-state index contributed by atoms with van der Waals surface area (Å²) in [6.45, 7) is 0.577. The molecule has 0 atom stereocenters. The molecular weight excluding hydrogens is 661 g/mol. The molecule has 0 N–H and O–H groups in total. The Balaban J connectivity index is 7.49. The zero-order valence-corrected chi connectivity index (χ0v) is 21.3. The molecule has 0 heterocycles. The first kappa shape index (κ1) is 38.3. The highest BCUT2D eigenvalue weighted by Gasteiger charge is 2.96. The van der Waals surface area contributed by atoms with E-state index in [4.69, 9.17) is 0 Å². The molecule has 1 amide bonds. The number of hydrogen-bond acceptors (Lipinski definition) is 6. The normalized spacial score (nSPS) is 15.8. The minimum atomic E-state index is -9.02. The molecular formula is C14H14F17NO6SSi. The number of rotatable bonds is 13. The maximum atomic E-state index is 14.5. The number of hydrogen-bond donors (Lipinski definition) is 0.